The first kappa shape index (κ1) is 16.5. The van der Waals surface area contributed by atoms with E-state index < -0.39 is 0 Å². The Morgan fingerprint density at radius 3 is 2.72 bits per heavy atom. The van der Waals surface area contributed by atoms with Crippen molar-refractivity contribution in [1.82, 2.24) is 15.1 Å². The normalized spacial score (nSPS) is 24.2. The molecular formula is C19H26N4O2. The summed E-state index contributed by atoms with van der Waals surface area (Å²) < 4.78 is 11.4. The highest BCUT2D eigenvalue weighted by Gasteiger charge is 2.36. The smallest absolute Gasteiger partial charge is 0.232 e. The molecule has 2 saturated heterocycles. The first-order valence-corrected chi connectivity index (χ1v) is 9.39. The van der Waals surface area contributed by atoms with E-state index in [1.165, 1.54) is 19.3 Å². The van der Waals surface area contributed by atoms with Crippen LogP contribution in [0, 0.1) is 5.92 Å². The van der Waals surface area contributed by atoms with E-state index in [0.29, 0.717) is 17.6 Å². The minimum absolute atomic E-state index is 0.160. The van der Waals surface area contributed by atoms with Crippen molar-refractivity contribution in [3.63, 3.8) is 0 Å². The molecule has 6 nitrogen and oxygen atoms in total. The number of piperidine rings is 1. The monoisotopic (exact) mass is 342 g/mol. The lowest BCUT2D eigenvalue weighted by Gasteiger charge is -2.27. The van der Waals surface area contributed by atoms with Crippen molar-refractivity contribution in [2.45, 2.75) is 51.6 Å². The molecule has 0 aliphatic carbocycles. The molecule has 0 spiro atoms. The van der Waals surface area contributed by atoms with Crippen LogP contribution in [0.25, 0.3) is 11.4 Å². The Kier molecular flexibility index (Phi) is 4.70. The molecule has 2 aromatic heterocycles. The van der Waals surface area contributed by atoms with Crippen LogP contribution in [0.15, 0.2) is 22.9 Å². The fourth-order valence-corrected chi connectivity index (χ4v) is 3.86. The molecule has 0 aromatic carbocycles. The summed E-state index contributed by atoms with van der Waals surface area (Å²) in [6.45, 7) is 7.29. The zero-order valence-corrected chi connectivity index (χ0v) is 15.0. The predicted octanol–water partition coefficient (Wildman–Crippen LogP) is 3.65. The van der Waals surface area contributed by atoms with Gasteiger partial charge in [0.15, 0.2) is 0 Å². The minimum atomic E-state index is 0.160. The van der Waals surface area contributed by atoms with Crippen molar-refractivity contribution in [2.24, 2.45) is 5.92 Å². The molecule has 4 heterocycles. The molecular weight excluding hydrogens is 316 g/mol. The van der Waals surface area contributed by atoms with Gasteiger partial charge in [0.1, 0.15) is 5.82 Å². The largest absolute Gasteiger partial charge is 0.377 e. The van der Waals surface area contributed by atoms with E-state index in [2.05, 4.69) is 39.9 Å². The van der Waals surface area contributed by atoms with Crippen LogP contribution in [0.2, 0.25) is 0 Å². The Labute approximate surface area is 148 Å². The van der Waals surface area contributed by atoms with Gasteiger partial charge in [0.25, 0.3) is 0 Å². The van der Waals surface area contributed by atoms with Gasteiger partial charge in [-0.2, -0.15) is 4.98 Å². The van der Waals surface area contributed by atoms with Crippen molar-refractivity contribution in [1.29, 1.82) is 0 Å². The van der Waals surface area contributed by atoms with Gasteiger partial charge in [-0.15, -0.1) is 0 Å². The highest BCUT2D eigenvalue weighted by molar-refractivity contribution is 5.56. The lowest BCUT2D eigenvalue weighted by atomic mass is 9.93. The molecule has 0 radical (unpaired) electrons. The van der Waals surface area contributed by atoms with Crippen molar-refractivity contribution in [3.05, 3.63) is 24.2 Å². The fourth-order valence-electron chi connectivity index (χ4n) is 3.86. The van der Waals surface area contributed by atoms with E-state index in [-0.39, 0.29) is 12.0 Å². The summed E-state index contributed by atoms with van der Waals surface area (Å²) in [5.74, 6) is 2.97. The van der Waals surface area contributed by atoms with Crippen LogP contribution in [0.1, 0.15) is 51.3 Å². The maximum atomic E-state index is 5.83. The van der Waals surface area contributed by atoms with Gasteiger partial charge >= 0.3 is 0 Å². The van der Waals surface area contributed by atoms with Gasteiger partial charge in [0.05, 0.1) is 12.0 Å². The Hall–Kier alpha value is -1.95. The minimum Gasteiger partial charge on any atom is -0.377 e. The third-order valence-corrected chi connectivity index (χ3v) is 5.24. The Balaban J connectivity index is 1.50. The Morgan fingerprint density at radius 1 is 1.16 bits per heavy atom. The SMILES string of the molecule is CC(C)[C@H]1OCC[C@@H]1c1nc(-c2ccc(N3CCCCC3)nc2)no1. The molecule has 2 aliphatic heterocycles. The second kappa shape index (κ2) is 7.12. The van der Waals surface area contributed by atoms with Crippen LogP contribution in [0.4, 0.5) is 5.82 Å². The molecule has 4 rings (SSSR count). The summed E-state index contributed by atoms with van der Waals surface area (Å²) in [5.41, 5.74) is 0.899. The fraction of sp³-hybridized carbons (Fsp3) is 0.632. The molecule has 2 fully saturated rings. The summed E-state index contributed by atoms with van der Waals surface area (Å²) >= 11 is 0. The molecule has 2 aromatic rings. The van der Waals surface area contributed by atoms with E-state index in [4.69, 9.17) is 9.26 Å². The van der Waals surface area contributed by atoms with E-state index >= 15 is 0 Å². The standard InChI is InChI=1S/C19H26N4O2/c1-13(2)17-15(8-11-24-17)19-21-18(22-25-19)14-6-7-16(20-12-14)23-9-4-3-5-10-23/h6-7,12-13,15,17H,3-5,8-11H2,1-2H3/t15-,17+/m0/s1. The van der Waals surface area contributed by atoms with Gasteiger partial charge in [-0.1, -0.05) is 19.0 Å². The number of hydrogen-bond donors (Lipinski definition) is 0. The number of rotatable bonds is 4. The average Bonchev–Trinajstić information content (AvgIpc) is 3.32. The maximum Gasteiger partial charge on any atom is 0.232 e. The number of aromatic nitrogens is 3. The van der Waals surface area contributed by atoms with Gasteiger partial charge < -0.3 is 14.2 Å². The zero-order chi connectivity index (χ0) is 17.2. The van der Waals surface area contributed by atoms with E-state index in [1.807, 2.05) is 12.3 Å². The molecule has 6 heteroatoms. The van der Waals surface area contributed by atoms with E-state index in [1.54, 1.807) is 0 Å². The zero-order valence-electron chi connectivity index (χ0n) is 15.0. The first-order chi connectivity index (χ1) is 12.2. The molecule has 0 unspecified atom stereocenters. The number of nitrogens with zero attached hydrogens (tertiary/aromatic N) is 4. The quantitative estimate of drug-likeness (QED) is 0.845. The maximum absolute atomic E-state index is 5.83. The summed E-state index contributed by atoms with van der Waals surface area (Å²) in [5, 5.41) is 4.17. The third-order valence-electron chi connectivity index (χ3n) is 5.24. The van der Waals surface area contributed by atoms with E-state index in [9.17, 15) is 0 Å². The molecule has 0 N–H and O–H groups in total. The summed E-state index contributed by atoms with van der Waals surface area (Å²) in [6, 6.07) is 4.10. The summed E-state index contributed by atoms with van der Waals surface area (Å²) in [4.78, 5) is 11.6. The Morgan fingerprint density at radius 2 is 2.00 bits per heavy atom. The van der Waals surface area contributed by atoms with Crippen LogP contribution in [0.3, 0.4) is 0 Å². The van der Waals surface area contributed by atoms with E-state index in [0.717, 1.165) is 37.5 Å². The van der Waals surface area contributed by atoms with Crippen molar-refractivity contribution in [2.75, 3.05) is 24.6 Å². The average molecular weight is 342 g/mol. The first-order valence-electron chi connectivity index (χ1n) is 9.39. The van der Waals surface area contributed by atoms with Crippen molar-refractivity contribution >= 4 is 5.82 Å². The lowest BCUT2D eigenvalue weighted by Crippen LogP contribution is -2.29. The van der Waals surface area contributed by atoms with Gasteiger partial charge in [-0.05, 0) is 43.7 Å². The number of ether oxygens (including phenoxy) is 1. The van der Waals surface area contributed by atoms with Crippen molar-refractivity contribution < 1.29 is 9.26 Å². The van der Waals surface area contributed by atoms with Gasteiger partial charge in [-0.25, -0.2) is 4.98 Å². The number of anilines is 1. The topological polar surface area (TPSA) is 64.3 Å². The molecule has 0 bridgehead atoms. The van der Waals surface area contributed by atoms with Crippen molar-refractivity contribution in [3.8, 4) is 11.4 Å². The van der Waals surface area contributed by atoms with Gasteiger partial charge in [-0.3, -0.25) is 0 Å². The number of pyridine rings is 1. The van der Waals surface area contributed by atoms with Crippen LogP contribution >= 0.6 is 0 Å². The second-order valence-electron chi connectivity index (χ2n) is 7.38. The Bertz CT molecular complexity index is 692. The molecule has 134 valence electrons. The predicted molar refractivity (Wildman–Crippen MR) is 95.5 cm³/mol. The second-order valence-corrected chi connectivity index (χ2v) is 7.38. The summed E-state index contributed by atoms with van der Waals surface area (Å²) in [6.07, 6.45) is 6.77. The molecule has 25 heavy (non-hydrogen) atoms. The van der Waals surface area contributed by atoms with Crippen LogP contribution in [0.5, 0.6) is 0 Å². The van der Waals surface area contributed by atoms with Crippen LogP contribution in [-0.2, 0) is 4.74 Å². The van der Waals surface area contributed by atoms with Gasteiger partial charge in [0, 0.05) is 31.5 Å². The van der Waals surface area contributed by atoms with Crippen LogP contribution in [-0.4, -0.2) is 40.9 Å². The van der Waals surface area contributed by atoms with Crippen LogP contribution < -0.4 is 4.90 Å². The third kappa shape index (κ3) is 3.40. The lowest BCUT2D eigenvalue weighted by molar-refractivity contribution is 0.0627. The molecule has 2 aliphatic rings. The molecule has 2 atom stereocenters. The number of hydrogen-bond acceptors (Lipinski definition) is 6. The molecule has 0 saturated carbocycles. The summed E-state index contributed by atoms with van der Waals surface area (Å²) in [7, 11) is 0. The van der Waals surface area contributed by atoms with Gasteiger partial charge in [0.2, 0.25) is 11.7 Å². The highest BCUT2D eigenvalue weighted by atomic mass is 16.5. The highest BCUT2D eigenvalue weighted by Crippen LogP contribution is 2.35. The molecule has 0 amide bonds.